The maximum atomic E-state index is 12.0. The summed E-state index contributed by atoms with van der Waals surface area (Å²) in [7, 11) is 0. The Hall–Kier alpha value is -3.09. The number of aryl methyl sites for hydroxylation is 1. The van der Waals surface area contributed by atoms with Gasteiger partial charge in [0.25, 0.3) is 5.91 Å². The molecule has 21 heavy (non-hydrogen) atoms. The average molecular weight is 282 g/mol. The smallest absolute Gasteiger partial charge is 0.272 e. The number of hydrogen-bond donors (Lipinski definition) is 4. The van der Waals surface area contributed by atoms with Gasteiger partial charge >= 0.3 is 0 Å². The van der Waals surface area contributed by atoms with Crippen molar-refractivity contribution < 1.29 is 4.79 Å². The topological polar surface area (TPSA) is 112 Å². The molecule has 7 nitrogen and oxygen atoms in total. The molecule has 5 N–H and O–H groups in total. The molecular formula is C14H14N6O. The Morgan fingerprint density at radius 3 is 2.86 bits per heavy atom. The lowest BCUT2D eigenvalue weighted by Crippen LogP contribution is -2.12. The molecule has 3 rings (SSSR count). The SMILES string of the molecule is Cc1nc(-c2cccc(NC(=O)c3cc(N)c[nH]3)c2)n[nH]1. The zero-order chi connectivity index (χ0) is 14.8. The molecule has 0 aliphatic heterocycles. The second kappa shape index (κ2) is 5.12. The molecule has 106 valence electrons. The van der Waals surface area contributed by atoms with E-state index in [0.717, 1.165) is 11.4 Å². The number of carbonyl (C=O) groups is 1. The lowest BCUT2D eigenvalue weighted by atomic mass is 10.2. The summed E-state index contributed by atoms with van der Waals surface area (Å²) >= 11 is 0. The summed E-state index contributed by atoms with van der Waals surface area (Å²) in [5.74, 6) is 1.07. The minimum Gasteiger partial charge on any atom is -0.397 e. The molecule has 0 radical (unpaired) electrons. The fraction of sp³-hybridized carbons (Fsp3) is 0.0714. The van der Waals surface area contributed by atoms with Crippen molar-refractivity contribution >= 4 is 17.3 Å². The third kappa shape index (κ3) is 2.76. The zero-order valence-corrected chi connectivity index (χ0v) is 11.3. The number of anilines is 2. The number of aromatic amines is 2. The van der Waals surface area contributed by atoms with Crippen molar-refractivity contribution in [1.29, 1.82) is 0 Å². The Morgan fingerprint density at radius 1 is 1.33 bits per heavy atom. The van der Waals surface area contributed by atoms with Gasteiger partial charge in [-0.25, -0.2) is 4.98 Å². The molecule has 0 saturated carbocycles. The first kappa shape index (κ1) is 12.9. The second-order valence-electron chi connectivity index (χ2n) is 4.63. The predicted molar refractivity (Wildman–Crippen MR) is 79.7 cm³/mol. The summed E-state index contributed by atoms with van der Waals surface area (Å²) in [6, 6.07) is 8.91. The number of nitrogens with two attached hydrogens (primary N) is 1. The quantitative estimate of drug-likeness (QED) is 0.588. The molecule has 0 aliphatic carbocycles. The van der Waals surface area contributed by atoms with Crippen LogP contribution in [-0.4, -0.2) is 26.1 Å². The van der Waals surface area contributed by atoms with Crippen LogP contribution in [0.15, 0.2) is 36.5 Å². The van der Waals surface area contributed by atoms with E-state index in [0.29, 0.717) is 22.9 Å². The summed E-state index contributed by atoms with van der Waals surface area (Å²) < 4.78 is 0. The zero-order valence-electron chi connectivity index (χ0n) is 11.3. The number of benzene rings is 1. The maximum absolute atomic E-state index is 12.0. The summed E-state index contributed by atoms with van der Waals surface area (Å²) in [6.45, 7) is 1.83. The van der Waals surface area contributed by atoms with Crippen LogP contribution in [0.3, 0.4) is 0 Å². The second-order valence-corrected chi connectivity index (χ2v) is 4.63. The van der Waals surface area contributed by atoms with Crippen molar-refractivity contribution in [2.45, 2.75) is 6.92 Å². The van der Waals surface area contributed by atoms with Gasteiger partial charge in [-0.15, -0.1) is 0 Å². The number of nitrogen functional groups attached to an aromatic ring is 1. The van der Waals surface area contributed by atoms with Crippen LogP contribution >= 0.6 is 0 Å². The van der Waals surface area contributed by atoms with Crippen molar-refractivity contribution in [3.05, 3.63) is 48.0 Å². The summed E-state index contributed by atoms with van der Waals surface area (Å²) in [5.41, 5.74) is 7.99. The van der Waals surface area contributed by atoms with Crippen molar-refractivity contribution in [2.75, 3.05) is 11.1 Å². The number of H-pyrrole nitrogens is 2. The molecule has 0 spiro atoms. The lowest BCUT2D eigenvalue weighted by molar-refractivity contribution is 0.102. The Labute approximate surface area is 120 Å². The van der Waals surface area contributed by atoms with E-state index in [9.17, 15) is 4.79 Å². The van der Waals surface area contributed by atoms with Crippen molar-refractivity contribution in [1.82, 2.24) is 20.2 Å². The number of amides is 1. The maximum Gasteiger partial charge on any atom is 0.272 e. The van der Waals surface area contributed by atoms with Gasteiger partial charge in [0.15, 0.2) is 5.82 Å². The van der Waals surface area contributed by atoms with Gasteiger partial charge in [0.1, 0.15) is 11.5 Å². The van der Waals surface area contributed by atoms with E-state index in [1.165, 1.54) is 0 Å². The standard InChI is InChI=1S/C14H14N6O/c1-8-17-13(20-19-8)9-3-2-4-11(5-9)18-14(21)12-6-10(15)7-16-12/h2-7,16H,15H2,1H3,(H,18,21)(H,17,19,20). The van der Waals surface area contributed by atoms with Crippen LogP contribution in [0, 0.1) is 6.92 Å². The van der Waals surface area contributed by atoms with E-state index in [1.807, 2.05) is 25.1 Å². The van der Waals surface area contributed by atoms with E-state index in [1.54, 1.807) is 18.3 Å². The van der Waals surface area contributed by atoms with E-state index in [2.05, 4.69) is 25.5 Å². The first-order valence-corrected chi connectivity index (χ1v) is 6.36. The van der Waals surface area contributed by atoms with Crippen LogP contribution < -0.4 is 11.1 Å². The highest BCUT2D eigenvalue weighted by atomic mass is 16.1. The molecule has 0 saturated heterocycles. The predicted octanol–water partition coefficient (Wildman–Crippen LogP) is 1.94. The van der Waals surface area contributed by atoms with Crippen molar-refractivity contribution in [3.63, 3.8) is 0 Å². The van der Waals surface area contributed by atoms with Crippen LogP contribution in [0.4, 0.5) is 11.4 Å². The molecule has 1 aromatic carbocycles. The third-order valence-corrected chi connectivity index (χ3v) is 2.93. The van der Waals surface area contributed by atoms with Gasteiger partial charge in [-0.3, -0.25) is 9.89 Å². The van der Waals surface area contributed by atoms with Gasteiger partial charge in [0, 0.05) is 23.1 Å². The molecule has 2 heterocycles. The van der Waals surface area contributed by atoms with E-state index >= 15 is 0 Å². The molecule has 0 unspecified atom stereocenters. The average Bonchev–Trinajstić information content (AvgIpc) is 3.08. The number of carbonyl (C=O) groups excluding carboxylic acids is 1. The number of nitrogens with zero attached hydrogens (tertiary/aromatic N) is 2. The van der Waals surface area contributed by atoms with Crippen molar-refractivity contribution in [2.24, 2.45) is 0 Å². The largest absolute Gasteiger partial charge is 0.397 e. The molecule has 3 aromatic rings. The Kier molecular flexibility index (Phi) is 3.15. The van der Waals surface area contributed by atoms with E-state index in [4.69, 9.17) is 5.73 Å². The molecular weight excluding hydrogens is 268 g/mol. The number of aromatic nitrogens is 4. The highest BCUT2D eigenvalue weighted by Gasteiger charge is 2.09. The van der Waals surface area contributed by atoms with Crippen LogP contribution in [0.5, 0.6) is 0 Å². The highest BCUT2D eigenvalue weighted by molar-refractivity contribution is 6.03. The first-order valence-electron chi connectivity index (χ1n) is 6.36. The van der Waals surface area contributed by atoms with Gasteiger partial charge in [-0.05, 0) is 25.1 Å². The first-order chi connectivity index (χ1) is 10.1. The van der Waals surface area contributed by atoms with Gasteiger partial charge in [-0.2, -0.15) is 5.10 Å². The number of nitrogens with one attached hydrogen (secondary N) is 3. The molecule has 7 heteroatoms. The number of hydrogen-bond acceptors (Lipinski definition) is 4. The van der Waals surface area contributed by atoms with E-state index in [-0.39, 0.29) is 5.91 Å². The fourth-order valence-corrected chi connectivity index (χ4v) is 1.95. The van der Waals surface area contributed by atoms with Gasteiger partial charge in [0.2, 0.25) is 0 Å². The highest BCUT2D eigenvalue weighted by Crippen LogP contribution is 2.19. The van der Waals surface area contributed by atoms with Crippen LogP contribution in [0.2, 0.25) is 0 Å². The molecule has 0 bridgehead atoms. The Morgan fingerprint density at radius 2 is 2.19 bits per heavy atom. The van der Waals surface area contributed by atoms with E-state index < -0.39 is 0 Å². The minimum absolute atomic E-state index is 0.255. The monoisotopic (exact) mass is 282 g/mol. The van der Waals surface area contributed by atoms with Gasteiger partial charge < -0.3 is 16.0 Å². The third-order valence-electron chi connectivity index (χ3n) is 2.93. The number of rotatable bonds is 3. The molecule has 0 fully saturated rings. The van der Waals surface area contributed by atoms with Gasteiger partial charge in [0.05, 0.1) is 0 Å². The molecule has 2 aromatic heterocycles. The van der Waals surface area contributed by atoms with Crippen LogP contribution in [-0.2, 0) is 0 Å². The van der Waals surface area contributed by atoms with Crippen molar-refractivity contribution in [3.8, 4) is 11.4 Å². The summed E-state index contributed by atoms with van der Waals surface area (Å²) in [5, 5.41) is 9.68. The lowest BCUT2D eigenvalue weighted by Gasteiger charge is -2.05. The Bertz CT molecular complexity index is 788. The van der Waals surface area contributed by atoms with Crippen LogP contribution in [0.1, 0.15) is 16.3 Å². The minimum atomic E-state index is -0.255. The fourth-order valence-electron chi connectivity index (χ4n) is 1.95. The summed E-state index contributed by atoms with van der Waals surface area (Å²) in [6.07, 6.45) is 1.57. The molecule has 1 amide bonds. The molecule has 0 atom stereocenters. The molecule has 0 aliphatic rings. The Balaban J connectivity index is 1.82. The van der Waals surface area contributed by atoms with Crippen LogP contribution in [0.25, 0.3) is 11.4 Å². The van der Waals surface area contributed by atoms with Gasteiger partial charge in [-0.1, -0.05) is 12.1 Å². The summed E-state index contributed by atoms with van der Waals surface area (Å²) in [4.78, 5) is 19.1. The normalized spacial score (nSPS) is 10.5.